The molecule has 0 amide bonds. The molecule has 1 nitrogen and oxygen atoms in total. The molecule has 4 bridgehead atoms. The minimum absolute atomic E-state index is 0.193. The summed E-state index contributed by atoms with van der Waals surface area (Å²) in [6, 6.07) is 0. The predicted octanol–water partition coefficient (Wildman–Crippen LogP) is 4.08. The Bertz CT molecular complexity index is 272. The Morgan fingerprint density at radius 2 is 1.87 bits per heavy atom. The van der Waals surface area contributed by atoms with Gasteiger partial charge in [0.05, 0.1) is 6.26 Å². The zero-order valence-electron chi connectivity index (χ0n) is 9.29. The van der Waals surface area contributed by atoms with E-state index in [2.05, 4.69) is 22.9 Å². The molecular formula is C13H19BrO. The highest BCUT2D eigenvalue weighted by atomic mass is 79.9. The standard InChI is InChI=1S/C13H19BrO/c1-9-12-5-10-4-11(6-12)8-13(9,7-10)15-3-2-14/h2-3,9-12H,4-8H2,1H3. The molecule has 84 valence electrons. The summed E-state index contributed by atoms with van der Waals surface area (Å²) in [5.41, 5.74) is 0.193. The summed E-state index contributed by atoms with van der Waals surface area (Å²) in [5.74, 6) is 3.62. The van der Waals surface area contributed by atoms with Crippen LogP contribution in [0.4, 0.5) is 0 Å². The zero-order valence-corrected chi connectivity index (χ0v) is 10.9. The normalized spacial score (nSPS) is 52.7. The van der Waals surface area contributed by atoms with Crippen LogP contribution in [0.25, 0.3) is 0 Å². The van der Waals surface area contributed by atoms with E-state index in [1.807, 2.05) is 11.2 Å². The molecule has 0 aromatic rings. The molecule has 4 saturated carbocycles. The zero-order chi connectivity index (χ0) is 10.5. The first-order valence-corrected chi connectivity index (χ1v) is 7.08. The van der Waals surface area contributed by atoms with Gasteiger partial charge in [0.1, 0.15) is 5.60 Å². The minimum Gasteiger partial charge on any atom is -0.494 e. The molecule has 0 aliphatic heterocycles. The molecule has 0 N–H and O–H groups in total. The van der Waals surface area contributed by atoms with Crippen molar-refractivity contribution in [2.24, 2.45) is 23.7 Å². The van der Waals surface area contributed by atoms with Gasteiger partial charge in [-0.3, -0.25) is 0 Å². The van der Waals surface area contributed by atoms with E-state index in [1.165, 1.54) is 32.1 Å². The molecule has 2 heteroatoms. The van der Waals surface area contributed by atoms with Gasteiger partial charge in [-0.25, -0.2) is 0 Å². The van der Waals surface area contributed by atoms with Gasteiger partial charge in [-0.15, -0.1) is 0 Å². The Balaban J connectivity index is 1.87. The molecular weight excluding hydrogens is 252 g/mol. The van der Waals surface area contributed by atoms with Gasteiger partial charge in [-0.2, -0.15) is 0 Å². The van der Waals surface area contributed by atoms with Crippen molar-refractivity contribution in [3.8, 4) is 0 Å². The highest BCUT2D eigenvalue weighted by molar-refractivity contribution is 9.11. The molecule has 3 unspecified atom stereocenters. The van der Waals surface area contributed by atoms with Crippen LogP contribution in [0.15, 0.2) is 11.2 Å². The summed E-state index contributed by atoms with van der Waals surface area (Å²) in [6.45, 7) is 2.41. The highest BCUT2D eigenvalue weighted by Crippen LogP contribution is 2.59. The lowest BCUT2D eigenvalue weighted by atomic mass is 9.50. The maximum atomic E-state index is 6.08. The van der Waals surface area contributed by atoms with E-state index in [0.29, 0.717) is 0 Å². The molecule has 4 rings (SSSR count). The maximum Gasteiger partial charge on any atom is 0.111 e. The van der Waals surface area contributed by atoms with Gasteiger partial charge in [0.15, 0.2) is 0 Å². The fourth-order valence-electron chi connectivity index (χ4n) is 4.58. The van der Waals surface area contributed by atoms with Crippen LogP contribution in [0.5, 0.6) is 0 Å². The minimum atomic E-state index is 0.193. The van der Waals surface area contributed by atoms with Gasteiger partial charge in [0.25, 0.3) is 0 Å². The summed E-state index contributed by atoms with van der Waals surface area (Å²) in [5, 5.41) is 0. The Morgan fingerprint density at radius 1 is 1.20 bits per heavy atom. The van der Waals surface area contributed by atoms with Crippen LogP contribution < -0.4 is 0 Å². The first kappa shape index (κ1) is 10.2. The van der Waals surface area contributed by atoms with Crippen LogP contribution in [-0.4, -0.2) is 5.60 Å². The molecule has 15 heavy (non-hydrogen) atoms. The fourth-order valence-corrected chi connectivity index (χ4v) is 4.69. The average molecular weight is 271 g/mol. The molecule has 3 atom stereocenters. The highest BCUT2D eigenvalue weighted by Gasteiger charge is 2.56. The van der Waals surface area contributed by atoms with Crippen molar-refractivity contribution in [3.63, 3.8) is 0 Å². The quantitative estimate of drug-likeness (QED) is 0.687. The van der Waals surface area contributed by atoms with E-state index >= 15 is 0 Å². The monoisotopic (exact) mass is 270 g/mol. The van der Waals surface area contributed by atoms with Crippen LogP contribution in [0.3, 0.4) is 0 Å². The first-order chi connectivity index (χ1) is 7.23. The molecule has 0 aromatic carbocycles. The van der Waals surface area contributed by atoms with Gasteiger partial charge in [0.2, 0.25) is 0 Å². The summed E-state index contributed by atoms with van der Waals surface area (Å²) < 4.78 is 6.08. The SMILES string of the molecule is CC1C2CC3CC(C2)CC1(OC=CBr)C3. The number of ether oxygens (including phenoxy) is 1. The van der Waals surface area contributed by atoms with Crippen LogP contribution in [-0.2, 0) is 4.74 Å². The van der Waals surface area contributed by atoms with Crippen molar-refractivity contribution in [3.05, 3.63) is 11.2 Å². The number of halogens is 1. The Kier molecular flexibility index (Phi) is 2.39. The van der Waals surface area contributed by atoms with Crippen molar-refractivity contribution in [2.75, 3.05) is 0 Å². The number of hydrogen-bond donors (Lipinski definition) is 0. The van der Waals surface area contributed by atoms with Crippen LogP contribution in [0.1, 0.15) is 39.0 Å². The van der Waals surface area contributed by atoms with Gasteiger partial charge in [-0.05, 0) is 55.8 Å². The lowest BCUT2D eigenvalue weighted by molar-refractivity contribution is -0.169. The smallest absolute Gasteiger partial charge is 0.111 e. The summed E-state index contributed by atoms with van der Waals surface area (Å²) in [4.78, 5) is 1.85. The Morgan fingerprint density at radius 3 is 2.47 bits per heavy atom. The topological polar surface area (TPSA) is 9.23 Å². The molecule has 0 aromatic heterocycles. The van der Waals surface area contributed by atoms with Gasteiger partial charge >= 0.3 is 0 Å². The van der Waals surface area contributed by atoms with Gasteiger partial charge < -0.3 is 4.74 Å². The second-order valence-electron chi connectivity index (χ2n) is 5.84. The van der Waals surface area contributed by atoms with Gasteiger partial charge in [0, 0.05) is 4.99 Å². The Labute approximate surface area is 100 Å². The van der Waals surface area contributed by atoms with E-state index in [1.54, 1.807) is 0 Å². The lowest BCUT2D eigenvalue weighted by Gasteiger charge is -2.59. The number of hydrogen-bond acceptors (Lipinski definition) is 1. The molecule has 0 saturated heterocycles. The Hall–Kier alpha value is 0.0200. The van der Waals surface area contributed by atoms with E-state index in [9.17, 15) is 0 Å². The third-order valence-electron chi connectivity index (χ3n) is 5.10. The maximum absolute atomic E-state index is 6.08. The van der Waals surface area contributed by atoms with E-state index in [4.69, 9.17) is 4.74 Å². The second-order valence-corrected chi connectivity index (χ2v) is 6.37. The summed E-state index contributed by atoms with van der Waals surface area (Å²) in [7, 11) is 0. The van der Waals surface area contributed by atoms with E-state index < -0.39 is 0 Å². The largest absolute Gasteiger partial charge is 0.494 e. The van der Waals surface area contributed by atoms with Crippen molar-refractivity contribution >= 4 is 15.9 Å². The van der Waals surface area contributed by atoms with Gasteiger partial charge in [-0.1, -0.05) is 22.9 Å². The molecule has 0 radical (unpaired) electrons. The third-order valence-corrected chi connectivity index (χ3v) is 5.31. The molecule has 0 spiro atoms. The molecule has 0 heterocycles. The first-order valence-electron chi connectivity index (χ1n) is 6.16. The lowest BCUT2D eigenvalue weighted by Crippen LogP contribution is -2.56. The van der Waals surface area contributed by atoms with E-state index in [0.717, 1.165) is 23.7 Å². The average Bonchev–Trinajstić information content (AvgIpc) is 2.22. The van der Waals surface area contributed by atoms with Crippen molar-refractivity contribution in [1.29, 1.82) is 0 Å². The van der Waals surface area contributed by atoms with Crippen molar-refractivity contribution in [1.82, 2.24) is 0 Å². The van der Waals surface area contributed by atoms with Crippen molar-refractivity contribution in [2.45, 2.75) is 44.6 Å². The summed E-state index contributed by atoms with van der Waals surface area (Å²) >= 11 is 3.30. The van der Waals surface area contributed by atoms with Crippen LogP contribution >= 0.6 is 15.9 Å². The molecule has 4 aliphatic carbocycles. The molecule has 4 aliphatic rings. The second kappa shape index (κ2) is 3.51. The predicted molar refractivity (Wildman–Crippen MR) is 64.6 cm³/mol. The van der Waals surface area contributed by atoms with Crippen molar-refractivity contribution < 1.29 is 4.74 Å². The number of rotatable bonds is 2. The summed E-state index contributed by atoms with van der Waals surface area (Å²) in [6.07, 6.45) is 8.88. The van der Waals surface area contributed by atoms with Crippen LogP contribution in [0.2, 0.25) is 0 Å². The van der Waals surface area contributed by atoms with E-state index in [-0.39, 0.29) is 5.60 Å². The third kappa shape index (κ3) is 1.48. The fraction of sp³-hybridized carbons (Fsp3) is 0.846. The van der Waals surface area contributed by atoms with Crippen LogP contribution in [0, 0.1) is 23.7 Å². The molecule has 4 fully saturated rings.